The van der Waals surface area contributed by atoms with Crippen molar-refractivity contribution < 1.29 is 19.1 Å². The van der Waals surface area contributed by atoms with Gasteiger partial charge in [-0.15, -0.1) is 0 Å². The van der Waals surface area contributed by atoms with Crippen molar-refractivity contribution in [1.29, 1.82) is 0 Å². The van der Waals surface area contributed by atoms with Gasteiger partial charge in [0.1, 0.15) is 12.4 Å². The minimum Gasteiger partial charge on any atom is -0.492 e. The third kappa shape index (κ3) is 6.53. The van der Waals surface area contributed by atoms with E-state index in [-0.39, 0.29) is 6.54 Å². The van der Waals surface area contributed by atoms with Crippen molar-refractivity contribution in [3.63, 3.8) is 0 Å². The summed E-state index contributed by atoms with van der Waals surface area (Å²) < 4.78 is 10.9. The van der Waals surface area contributed by atoms with E-state index in [0.29, 0.717) is 13.2 Å². The van der Waals surface area contributed by atoms with Gasteiger partial charge in [-0.3, -0.25) is 15.0 Å². The average molecular weight is 345 g/mol. The van der Waals surface area contributed by atoms with Crippen LogP contribution in [0.3, 0.4) is 0 Å². The quantitative estimate of drug-likeness (QED) is 0.849. The first kappa shape index (κ1) is 16.5. The number of hydrogen-bond acceptors (Lipinski definition) is 5. The molecule has 1 aromatic rings. The second-order valence-corrected chi connectivity index (χ2v) is 5.00. The van der Waals surface area contributed by atoms with Gasteiger partial charge >= 0.3 is 6.09 Å². The molecule has 7 heteroatoms. The maximum atomic E-state index is 11.4. The zero-order valence-electron chi connectivity index (χ0n) is 11.4. The van der Waals surface area contributed by atoms with Gasteiger partial charge in [-0.2, -0.15) is 0 Å². The largest absolute Gasteiger partial charge is 0.492 e. The van der Waals surface area contributed by atoms with Crippen LogP contribution < -0.4 is 10.1 Å². The van der Waals surface area contributed by atoms with Crippen molar-refractivity contribution in [3.8, 4) is 5.75 Å². The molecule has 110 valence electrons. The highest BCUT2D eigenvalue weighted by atomic mass is 79.9. The van der Waals surface area contributed by atoms with E-state index in [9.17, 15) is 9.59 Å². The molecule has 0 fully saturated rings. The molecule has 0 aliphatic heterocycles. The van der Waals surface area contributed by atoms with E-state index in [0.717, 1.165) is 10.2 Å². The summed E-state index contributed by atoms with van der Waals surface area (Å²) in [6.45, 7) is 1.10. The van der Waals surface area contributed by atoms with Gasteiger partial charge in [0.15, 0.2) is 0 Å². The van der Waals surface area contributed by atoms with Crippen molar-refractivity contribution in [2.24, 2.45) is 0 Å². The molecule has 0 aliphatic rings. The molecule has 20 heavy (non-hydrogen) atoms. The van der Waals surface area contributed by atoms with Gasteiger partial charge in [-0.05, 0) is 31.3 Å². The molecular formula is C13H17BrN2O4. The average Bonchev–Trinajstić information content (AvgIpc) is 2.40. The standard InChI is InChI=1S/C13H17BrN2O4/c1-16(9-12(17)15-13(18)19-2)7-8-20-11-5-3-10(14)4-6-11/h3-6H,7-9H2,1-2H3,(H,15,17,18). The summed E-state index contributed by atoms with van der Waals surface area (Å²) in [6, 6.07) is 7.49. The van der Waals surface area contributed by atoms with Crippen molar-refractivity contribution in [1.82, 2.24) is 10.2 Å². The van der Waals surface area contributed by atoms with Crippen LogP contribution in [0, 0.1) is 0 Å². The number of hydrogen-bond donors (Lipinski definition) is 1. The molecule has 0 saturated heterocycles. The molecule has 0 saturated carbocycles. The summed E-state index contributed by atoms with van der Waals surface area (Å²) in [4.78, 5) is 24.0. The maximum Gasteiger partial charge on any atom is 0.413 e. The molecule has 6 nitrogen and oxygen atoms in total. The predicted molar refractivity (Wildman–Crippen MR) is 77.7 cm³/mol. The van der Waals surface area contributed by atoms with Crippen molar-refractivity contribution in [3.05, 3.63) is 28.7 Å². The van der Waals surface area contributed by atoms with E-state index in [2.05, 4.69) is 26.0 Å². The number of benzene rings is 1. The number of halogens is 1. The Hall–Kier alpha value is -1.60. The number of rotatable bonds is 6. The zero-order chi connectivity index (χ0) is 15.0. The van der Waals surface area contributed by atoms with Crippen LogP contribution in [0.4, 0.5) is 4.79 Å². The SMILES string of the molecule is COC(=O)NC(=O)CN(C)CCOc1ccc(Br)cc1. The Morgan fingerprint density at radius 2 is 1.95 bits per heavy atom. The highest BCUT2D eigenvalue weighted by molar-refractivity contribution is 9.10. The number of carbonyl (C=O) groups excluding carboxylic acids is 2. The third-order valence-electron chi connectivity index (χ3n) is 2.40. The van der Waals surface area contributed by atoms with E-state index >= 15 is 0 Å². The zero-order valence-corrected chi connectivity index (χ0v) is 13.0. The van der Waals surface area contributed by atoms with Crippen molar-refractivity contribution in [2.45, 2.75) is 0 Å². The number of alkyl carbamates (subject to hydrolysis) is 1. The molecule has 0 spiro atoms. The van der Waals surface area contributed by atoms with Crippen LogP contribution in [-0.4, -0.2) is 50.8 Å². The molecule has 0 atom stereocenters. The van der Waals surface area contributed by atoms with Crippen molar-refractivity contribution >= 4 is 27.9 Å². The Kier molecular flexibility index (Phi) is 7.03. The summed E-state index contributed by atoms with van der Waals surface area (Å²) in [5.74, 6) is 0.351. The Morgan fingerprint density at radius 1 is 1.30 bits per heavy atom. The fourth-order valence-corrected chi connectivity index (χ4v) is 1.64. The topological polar surface area (TPSA) is 67.9 Å². The number of methoxy groups -OCH3 is 1. The molecule has 0 radical (unpaired) electrons. The normalized spacial score (nSPS) is 10.2. The van der Waals surface area contributed by atoms with E-state index in [4.69, 9.17) is 4.74 Å². The highest BCUT2D eigenvalue weighted by Crippen LogP contribution is 2.15. The Bertz CT molecular complexity index is 450. The second-order valence-electron chi connectivity index (χ2n) is 4.08. The van der Waals surface area contributed by atoms with Crippen molar-refractivity contribution in [2.75, 3.05) is 33.9 Å². The first-order chi connectivity index (χ1) is 9.51. The summed E-state index contributed by atoms with van der Waals surface area (Å²) in [7, 11) is 2.97. The van der Waals surface area contributed by atoms with Gasteiger partial charge in [0, 0.05) is 11.0 Å². The molecule has 0 aliphatic carbocycles. The number of imide groups is 1. The second kappa shape index (κ2) is 8.55. The van der Waals surface area contributed by atoms with Gasteiger partial charge in [0.05, 0.1) is 13.7 Å². The molecular weight excluding hydrogens is 328 g/mol. The predicted octanol–water partition coefficient (Wildman–Crippen LogP) is 1.64. The summed E-state index contributed by atoms with van der Waals surface area (Å²) in [5.41, 5.74) is 0. The van der Waals surface area contributed by atoms with Crippen LogP contribution in [0.15, 0.2) is 28.7 Å². The molecule has 1 rings (SSSR count). The van der Waals surface area contributed by atoms with E-state index in [1.165, 1.54) is 7.11 Å². The third-order valence-corrected chi connectivity index (χ3v) is 2.92. The smallest absolute Gasteiger partial charge is 0.413 e. The van der Waals surface area contributed by atoms with Gasteiger partial charge < -0.3 is 9.47 Å². The van der Waals surface area contributed by atoms with Crippen LogP contribution in [0.5, 0.6) is 5.75 Å². The Balaban J connectivity index is 2.22. The van der Waals surface area contributed by atoms with E-state index in [1.807, 2.05) is 24.3 Å². The molecule has 1 aromatic carbocycles. The van der Waals surface area contributed by atoms with Crippen LogP contribution in [-0.2, 0) is 9.53 Å². The highest BCUT2D eigenvalue weighted by Gasteiger charge is 2.10. The van der Waals surface area contributed by atoms with Gasteiger partial charge in [0.2, 0.25) is 5.91 Å². The lowest BCUT2D eigenvalue weighted by Crippen LogP contribution is -2.39. The van der Waals surface area contributed by atoms with Gasteiger partial charge in [-0.25, -0.2) is 4.79 Å². The number of nitrogens with zero attached hydrogens (tertiary/aromatic N) is 1. The monoisotopic (exact) mass is 344 g/mol. The first-order valence-corrected chi connectivity index (χ1v) is 6.75. The summed E-state index contributed by atoms with van der Waals surface area (Å²) in [6.07, 6.45) is -0.755. The number of likely N-dealkylation sites (N-methyl/N-ethyl adjacent to an activating group) is 1. The lowest BCUT2D eigenvalue weighted by Gasteiger charge is -2.16. The Labute approximate surface area is 126 Å². The van der Waals surface area contributed by atoms with Crippen LogP contribution >= 0.6 is 15.9 Å². The first-order valence-electron chi connectivity index (χ1n) is 5.96. The molecule has 0 unspecified atom stereocenters. The van der Waals surface area contributed by atoms with Gasteiger partial charge in [-0.1, -0.05) is 15.9 Å². The molecule has 2 amide bonds. The van der Waals surface area contributed by atoms with E-state index in [1.54, 1.807) is 11.9 Å². The van der Waals surface area contributed by atoms with Crippen LogP contribution in [0.1, 0.15) is 0 Å². The van der Waals surface area contributed by atoms with E-state index < -0.39 is 12.0 Å². The summed E-state index contributed by atoms with van der Waals surface area (Å²) in [5, 5.41) is 2.09. The van der Waals surface area contributed by atoms with Crippen LogP contribution in [0.2, 0.25) is 0 Å². The van der Waals surface area contributed by atoms with Crippen LogP contribution in [0.25, 0.3) is 0 Å². The minimum absolute atomic E-state index is 0.0960. The lowest BCUT2D eigenvalue weighted by atomic mass is 10.3. The maximum absolute atomic E-state index is 11.4. The Morgan fingerprint density at radius 3 is 2.55 bits per heavy atom. The fraction of sp³-hybridized carbons (Fsp3) is 0.385. The fourth-order valence-electron chi connectivity index (χ4n) is 1.38. The molecule has 0 heterocycles. The van der Waals surface area contributed by atoms with Gasteiger partial charge in [0.25, 0.3) is 0 Å². The minimum atomic E-state index is -0.755. The number of amides is 2. The number of nitrogens with one attached hydrogen (secondary N) is 1. The molecule has 1 N–H and O–H groups in total. The molecule has 0 aromatic heterocycles. The number of ether oxygens (including phenoxy) is 2. The summed E-state index contributed by atoms with van der Waals surface area (Å²) >= 11 is 3.34. The number of carbonyl (C=O) groups is 2. The molecule has 0 bridgehead atoms. The lowest BCUT2D eigenvalue weighted by molar-refractivity contribution is -0.121.